The van der Waals surface area contributed by atoms with E-state index in [0.717, 1.165) is 49.9 Å². The number of benzene rings is 1. The van der Waals surface area contributed by atoms with E-state index < -0.39 is 10.6 Å². The molecule has 2 aliphatic carbocycles. The van der Waals surface area contributed by atoms with Crippen molar-refractivity contribution in [2.45, 2.75) is 42.0 Å². The summed E-state index contributed by atoms with van der Waals surface area (Å²) >= 11 is 6.02. The Labute approximate surface area is 191 Å². The maximum atomic E-state index is 12.7. The van der Waals surface area contributed by atoms with Crippen LogP contribution in [0.3, 0.4) is 0 Å². The van der Waals surface area contributed by atoms with Crippen molar-refractivity contribution in [3.63, 3.8) is 0 Å². The molecule has 3 N–H and O–H groups in total. The van der Waals surface area contributed by atoms with Gasteiger partial charge in [0.05, 0.1) is 5.25 Å². The van der Waals surface area contributed by atoms with Gasteiger partial charge in [0, 0.05) is 41.3 Å². The quantitative estimate of drug-likeness (QED) is 0.497. The Morgan fingerprint density at radius 1 is 1.22 bits per heavy atom. The average Bonchev–Trinajstić information content (AvgIpc) is 3.50. The summed E-state index contributed by atoms with van der Waals surface area (Å²) in [6.45, 7) is 1.70. The first-order valence-electron chi connectivity index (χ1n) is 10.7. The highest BCUT2D eigenvalue weighted by atomic mass is 35.5. The lowest BCUT2D eigenvalue weighted by Crippen LogP contribution is -2.66. The summed E-state index contributed by atoms with van der Waals surface area (Å²) in [6.07, 6.45) is 4.85. The molecule has 0 radical (unpaired) electrons. The minimum Gasteiger partial charge on any atom is -0.423 e. The van der Waals surface area contributed by atoms with Gasteiger partial charge < -0.3 is 14.6 Å². The lowest BCUT2D eigenvalue weighted by molar-refractivity contribution is 0.0414. The van der Waals surface area contributed by atoms with E-state index in [4.69, 9.17) is 16.0 Å². The Morgan fingerprint density at radius 3 is 2.75 bits per heavy atom. The van der Waals surface area contributed by atoms with Crippen LogP contribution in [0.25, 0.3) is 11.1 Å². The van der Waals surface area contributed by atoms with Crippen LogP contribution in [0.4, 0.5) is 6.01 Å². The molecule has 1 aromatic carbocycles. The van der Waals surface area contributed by atoms with Gasteiger partial charge in [-0.05, 0) is 56.0 Å². The molecule has 32 heavy (non-hydrogen) atoms. The molecule has 3 aromatic rings. The van der Waals surface area contributed by atoms with Gasteiger partial charge >= 0.3 is 0 Å². The zero-order chi connectivity index (χ0) is 22.1. The largest absolute Gasteiger partial charge is 0.423 e. The summed E-state index contributed by atoms with van der Waals surface area (Å²) in [6, 6.07) is 9.25. The summed E-state index contributed by atoms with van der Waals surface area (Å²) in [5, 5.41) is 3.79. The lowest BCUT2D eigenvalue weighted by Gasteiger charge is -2.58. The number of rotatable bonds is 5. The number of oxazole rings is 1. The topological polar surface area (TPSA) is 112 Å². The molecule has 8 nitrogen and oxygen atoms in total. The fourth-order valence-corrected chi connectivity index (χ4v) is 6.64. The second-order valence-electron chi connectivity index (χ2n) is 9.22. The van der Waals surface area contributed by atoms with Gasteiger partial charge in [-0.1, -0.05) is 11.6 Å². The molecule has 2 saturated carbocycles. The van der Waals surface area contributed by atoms with E-state index in [1.807, 2.05) is 6.07 Å². The van der Waals surface area contributed by atoms with Crippen molar-refractivity contribution >= 4 is 45.2 Å². The minimum atomic E-state index is -2.92. The fourth-order valence-electron chi connectivity index (χ4n) is 4.82. The van der Waals surface area contributed by atoms with Crippen LogP contribution in [0.15, 0.2) is 46.0 Å². The van der Waals surface area contributed by atoms with E-state index in [9.17, 15) is 13.9 Å². The maximum absolute atomic E-state index is 12.7. The van der Waals surface area contributed by atoms with Crippen molar-refractivity contribution in [2.24, 2.45) is 5.41 Å². The summed E-state index contributed by atoms with van der Waals surface area (Å²) < 4.78 is 26.6. The van der Waals surface area contributed by atoms with Crippen LogP contribution < -0.4 is 10.2 Å². The first kappa shape index (κ1) is 20.3. The summed E-state index contributed by atoms with van der Waals surface area (Å²) in [4.78, 5) is 23.5. The van der Waals surface area contributed by atoms with Crippen molar-refractivity contribution in [3.05, 3.63) is 47.1 Å². The van der Waals surface area contributed by atoms with Gasteiger partial charge in [0.2, 0.25) is 0 Å². The van der Waals surface area contributed by atoms with Crippen molar-refractivity contribution in [3.8, 4) is 0 Å². The van der Waals surface area contributed by atoms with Crippen LogP contribution >= 0.6 is 22.2 Å². The number of nitrogens with zero attached hydrogens (tertiary/aromatic N) is 3. The number of carbonyl (C=O) groups is 1. The Morgan fingerprint density at radius 2 is 2.00 bits per heavy atom. The molecule has 2 aromatic heterocycles. The van der Waals surface area contributed by atoms with Crippen LogP contribution in [0, 0.1) is 5.41 Å². The van der Waals surface area contributed by atoms with Gasteiger partial charge in [0.1, 0.15) is 10.5 Å². The van der Waals surface area contributed by atoms with E-state index in [-0.39, 0.29) is 27.6 Å². The van der Waals surface area contributed by atoms with E-state index >= 15 is 0 Å². The number of aromatic nitrogens is 2. The van der Waals surface area contributed by atoms with E-state index in [0.29, 0.717) is 16.6 Å². The Kier molecular flexibility index (Phi) is 4.49. The number of amides is 1. The number of hydrogen-bond acceptors (Lipinski definition) is 7. The molecule has 1 amide bonds. The number of nitrogens with one attached hydrogen (secondary N) is 1. The van der Waals surface area contributed by atoms with E-state index in [1.54, 1.807) is 18.2 Å². The molecule has 0 unspecified atom stereocenters. The van der Waals surface area contributed by atoms with Crippen LogP contribution in [0.1, 0.15) is 36.0 Å². The van der Waals surface area contributed by atoms with Crippen molar-refractivity contribution in [2.75, 3.05) is 18.0 Å². The minimum absolute atomic E-state index is 0.104. The summed E-state index contributed by atoms with van der Waals surface area (Å²) in [5.74, 6) is -0.202. The number of fused-ring (bicyclic) bond motifs is 1. The van der Waals surface area contributed by atoms with Gasteiger partial charge in [0.15, 0.2) is 5.58 Å². The third-order valence-corrected chi connectivity index (χ3v) is 9.12. The molecular formula is C22H23ClN4O4S. The van der Waals surface area contributed by atoms with Crippen molar-refractivity contribution in [1.82, 2.24) is 15.3 Å². The second kappa shape index (κ2) is 7.08. The van der Waals surface area contributed by atoms with Crippen LogP contribution in [-0.2, 0) is 0 Å². The third kappa shape index (κ3) is 3.44. The maximum Gasteiger partial charge on any atom is 0.298 e. The molecule has 0 bridgehead atoms. The highest BCUT2D eigenvalue weighted by molar-refractivity contribution is 8.25. The molecule has 1 saturated heterocycles. The Hall–Kier alpha value is -2.33. The second-order valence-corrected chi connectivity index (χ2v) is 11.9. The molecular weight excluding hydrogens is 452 g/mol. The molecule has 1 aliphatic heterocycles. The molecule has 0 atom stereocenters. The normalized spacial score (nSPS) is 20.8. The molecule has 3 heterocycles. The molecule has 6 rings (SSSR count). The number of anilines is 1. The molecule has 3 fully saturated rings. The van der Waals surface area contributed by atoms with Gasteiger partial charge in [-0.15, -0.1) is 10.6 Å². The first-order chi connectivity index (χ1) is 15.3. The monoisotopic (exact) mass is 474 g/mol. The SMILES string of the molecule is O=C(NC1CC2(C1)CN(c1nc3cc(Cl)ccc3o1)C2)c1ccnc(S(O)(O)C2CC2)c1. The van der Waals surface area contributed by atoms with E-state index in [2.05, 4.69) is 20.2 Å². The predicted molar refractivity (Wildman–Crippen MR) is 123 cm³/mol. The fraction of sp³-hybridized carbons (Fsp3) is 0.409. The number of carbonyl (C=O) groups excluding carboxylic acids is 1. The van der Waals surface area contributed by atoms with Gasteiger partial charge in [0.25, 0.3) is 11.9 Å². The van der Waals surface area contributed by atoms with E-state index in [1.165, 1.54) is 12.3 Å². The van der Waals surface area contributed by atoms with Crippen LogP contribution in [0.5, 0.6) is 0 Å². The zero-order valence-electron chi connectivity index (χ0n) is 17.2. The first-order valence-corrected chi connectivity index (χ1v) is 12.7. The predicted octanol–water partition coefficient (Wildman–Crippen LogP) is 4.55. The van der Waals surface area contributed by atoms with Crippen molar-refractivity contribution in [1.29, 1.82) is 0 Å². The van der Waals surface area contributed by atoms with Crippen molar-refractivity contribution < 1.29 is 18.3 Å². The van der Waals surface area contributed by atoms with Crippen LogP contribution in [-0.4, -0.2) is 49.4 Å². The standard InChI is InChI=1S/C22H23ClN4O4S/c23-14-1-4-18-17(8-14)26-21(31-18)27-11-22(12-27)9-15(10-22)25-20(28)13-5-6-24-19(7-13)32(29,30)16-2-3-16/h1,4-8,15-16,29-30H,2-3,9-12H2,(H,25,28). The summed E-state index contributed by atoms with van der Waals surface area (Å²) in [5.41, 5.74) is 2.07. The Balaban J connectivity index is 1.05. The Bertz CT molecular complexity index is 1210. The molecule has 1 spiro atoms. The molecule has 168 valence electrons. The van der Waals surface area contributed by atoms with Crippen LogP contribution in [0.2, 0.25) is 5.02 Å². The molecule has 3 aliphatic rings. The highest BCUT2D eigenvalue weighted by Crippen LogP contribution is 2.60. The highest BCUT2D eigenvalue weighted by Gasteiger charge is 2.53. The van der Waals surface area contributed by atoms with Gasteiger partial charge in [-0.2, -0.15) is 4.98 Å². The average molecular weight is 475 g/mol. The lowest BCUT2D eigenvalue weighted by atomic mass is 9.60. The van der Waals surface area contributed by atoms with Gasteiger partial charge in [-0.25, -0.2) is 4.98 Å². The summed E-state index contributed by atoms with van der Waals surface area (Å²) in [7, 11) is -2.92. The number of halogens is 1. The third-order valence-electron chi connectivity index (χ3n) is 6.65. The van der Waals surface area contributed by atoms with Gasteiger partial charge in [-0.3, -0.25) is 13.9 Å². The molecule has 10 heteroatoms. The number of pyridine rings is 1. The number of hydrogen-bond donors (Lipinski definition) is 3. The smallest absolute Gasteiger partial charge is 0.298 e. The zero-order valence-corrected chi connectivity index (χ0v) is 18.8.